The summed E-state index contributed by atoms with van der Waals surface area (Å²) in [6.07, 6.45) is 0. The molecule has 53 heavy (non-hydrogen) atoms. The first-order valence-corrected chi connectivity index (χ1v) is 18.9. The first-order valence-electron chi connectivity index (χ1n) is 17.1. The van der Waals surface area contributed by atoms with Gasteiger partial charge in [0.05, 0.1) is 18.2 Å². The summed E-state index contributed by atoms with van der Waals surface area (Å²) >= 11 is 2.70. The molecule has 1 aromatic heterocycles. The lowest BCUT2D eigenvalue weighted by Crippen LogP contribution is -2.29. The molecule has 0 unspecified atom stereocenters. The van der Waals surface area contributed by atoms with Gasteiger partial charge in [-0.05, 0) is 64.7 Å². The number of Topliss-reactive ketones (excluding diaryl/α,β-unsaturated/α-hetero) is 1. The molecular formula is C41H33N3O7S2. The topological polar surface area (TPSA) is 120 Å². The van der Waals surface area contributed by atoms with Crippen LogP contribution in [-0.2, 0) is 21.9 Å². The van der Waals surface area contributed by atoms with E-state index >= 15 is 0 Å². The zero-order valence-corrected chi connectivity index (χ0v) is 30.2. The molecule has 1 amide bonds. The summed E-state index contributed by atoms with van der Waals surface area (Å²) in [6, 6.07) is 33.2. The van der Waals surface area contributed by atoms with Crippen LogP contribution >= 0.6 is 23.1 Å². The summed E-state index contributed by atoms with van der Waals surface area (Å²) < 4.78 is 24.2. The monoisotopic (exact) mass is 743 g/mol. The Morgan fingerprint density at radius 2 is 1.66 bits per heavy atom. The number of amides is 1. The summed E-state index contributed by atoms with van der Waals surface area (Å²) in [5, 5.41) is 23.2. The molecule has 0 radical (unpaired) electrons. The van der Waals surface area contributed by atoms with Gasteiger partial charge in [-0.1, -0.05) is 102 Å². The number of nitrogens with zero attached hydrogens (tertiary/aromatic N) is 3. The van der Waals surface area contributed by atoms with Crippen LogP contribution in [0, 0.1) is 0 Å². The normalized spacial score (nSPS) is 16.2. The predicted molar refractivity (Wildman–Crippen MR) is 204 cm³/mol. The Balaban J connectivity index is 1.17. The Kier molecular flexibility index (Phi) is 9.70. The molecular weight excluding hydrogens is 711 g/mol. The van der Waals surface area contributed by atoms with Crippen LogP contribution in [0.25, 0.3) is 16.5 Å². The standard InChI is InChI=1S/C41H33N3O7S2/c1-2-48-33-21-27(15-17-32(33)51-23-25-9-4-3-5-10-25)36-35(37(45)28-16-18-31-34(22-28)50-20-19-49-31)38(46)39(47)44(36)40-42-43-41(53-40)52-24-29-13-8-12-26-11-6-7-14-30(26)29/h3-18,21-22,36,45H,2,19-20,23-24H2,1H3/b37-35+/t36-/m0/s1. The van der Waals surface area contributed by atoms with Crippen molar-refractivity contribution in [1.82, 2.24) is 10.2 Å². The Morgan fingerprint density at radius 3 is 2.51 bits per heavy atom. The molecule has 0 aliphatic carbocycles. The molecule has 2 aliphatic rings. The Bertz CT molecular complexity index is 2360. The molecule has 0 bridgehead atoms. The van der Waals surface area contributed by atoms with Crippen molar-refractivity contribution >= 4 is 56.5 Å². The molecule has 1 saturated heterocycles. The van der Waals surface area contributed by atoms with Crippen molar-refractivity contribution in [3.05, 3.63) is 137 Å². The molecule has 12 heteroatoms. The van der Waals surface area contributed by atoms with Gasteiger partial charge in [-0.3, -0.25) is 14.5 Å². The highest BCUT2D eigenvalue weighted by Gasteiger charge is 2.48. The van der Waals surface area contributed by atoms with Crippen LogP contribution in [0.4, 0.5) is 5.13 Å². The molecule has 10 nitrogen and oxygen atoms in total. The van der Waals surface area contributed by atoms with E-state index in [2.05, 4.69) is 34.5 Å². The Hall–Kier alpha value is -5.85. The van der Waals surface area contributed by atoms with Crippen molar-refractivity contribution in [2.45, 2.75) is 29.7 Å². The van der Waals surface area contributed by atoms with E-state index in [1.54, 1.807) is 36.4 Å². The minimum Gasteiger partial charge on any atom is -0.507 e. The highest BCUT2D eigenvalue weighted by molar-refractivity contribution is 8.00. The summed E-state index contributed by atoms with van der Waals surface area (Å²) in [6.45, 7) is 3.27. The number of hydrogen-bond acceptors (Lipinski definition) is 11. The van der Waals surface area contributed by atoms with E-state index in [4.69, 9.17) is 18.9 Å². The number of aliphatic hydroxyl groups is 1. The van der Waals surface area contributed by atoms with Crippen molar-refractivity contribution < 1.29 is 33.6 Å². The maximum absolute atomic E-state index is 14.0. The van der Waals surface area contributed by atoms with E-state index in [0.29, 0.717) is 70.6 Å². The molecule has 2 aliphatic heterocycles. The number of hydrogen-bond donors (Lipinski definition) is 1. The van der Waals surface area contributed by atoms with Gasteiger partial charge in [-0.15, -0.1) is 10.2 Å². The lowest BCUT2D eigenvalue weighted by Gasteiger charge is -2.24. The molecule has 0 spiro atoms. The number of aromatic nitrogens is 2. The van der Waals surface area contributed by atoms with Gasteiger partial charge in [0, 0.05) is 11.3 Å². The van der Waals surface area contributed by atoms with E-state index in [1.807, 2.05) is 55.5 Å². The van der Waals surface area contributed by atoms with Gasteiger partial charge in [0.25, 0.3) is 5.78 Å². The minimum atomic E-state index is -1.06. The van der Waals surface area contributed by atoms with E-state index in [-0.39, 0.29) is 16.5 Å². The lowest BCUT2D eigenvalue weighted by atomic mass is 9.95. The predicted octanol–water partition coefficient (Wildman–Crippen LogP) is 8.36. The number of benzene rings is 5. The van der Waals surface area contributed by atoms with E-state index in [9.17, 15) is 14.7 Å². The van der Waals surface area contributed by atoms with Crippen LogP contribution in [0.15, 0.2) is 119 Å². The van der Waals surface area contributed by atoms with Crippen molar-refractivity contribution in [2.75, 3.05) is 24.7 Å². The van der Waals surface area contributed by atoms with E-state index in [1.165, 1.54) is 28.0 Å². The van der Waals surface area contributed by atoms with Crippen molar-refractivity contribution in [1.29, 1.82) is 0 Å². The van der Waals surface area contributed by atoms with Gasteiger partial charge in [-0.2, -0.15) is 0 Å². The molecule has 266 valence electrons. The highest BCUT2D eigenvalue weighted by Crippen LogP contribution is 2.46. The van der Waals surface area contributed by atoms with Crippen LogP contribution in [0.2, 0.25) is 0 Å². The van der Waals surface area contributed by atoms with Gasteiger partial charge in [0.15, 0.2) is 27.3 Å². The van der Waals surface area contributed by atoms with Crippen LogP contribution in [-0.4, -0.2) is 46.8 Å². The van der Waals surface area contributed by atoms with E-state index < -0.39 is 17.7 Å². The molecule has 1 atom stereocenters. The number of ketones is 1. The molecule has 1 fully saturated rings. The minimum absolute atomic E-state index is 0.104. The number of carbonyl (C=O) groups is 2. The highest BCUT2D eigenvalue weighted by atomic mass is 32.2. The fourth-order valence-corrected chi connectivity index (χ4v) is 8.30. The van der Waals surface area contributed by atoms with Gasteiger partial charge in [-0.25, -0.2) is 0 Å². The smallest absolute Gasteiger partial charge is 0.301 e. The SMILES string of the molecule is CCOc1cc([C@H]2/C(=C(\O)c3ccc4c(c3)OCCO4)C(=O)C(=O)N2c2nnc(SCc3cccc4ccccc34)s2)ccc1OCc1ccccc1. The Labute approximate surface area is 313 Å². The number of anilines is 1. The van der Waals surface area contributed by atoms with Gasteiger partial charge >= 0.3 is 5.91 Å². The molecule has 8 rings (SSSR count). The van der Waals surface area contributed by atoms with Crippen LogP contribution in [0.1, 0.15) is 35.2 Å². The number of fused-ring (bicyclic) bond motifs is 2. The maximum Gasteiger partial charge on any atom is 0.301 e. The maximum atomic E-state index is 14.0. The van der Waals surface area contributed by atoms with Crippen LogP contribution in [0.5, 0.6) is 23.0 Å². The van der Waals surface area contributed by atoms with Crippen molar-refractivity contribution in [2.24, 2.45) is 0 Å². The second-order valence-electron chi connectivity index (χ2n) is 12.2. The molecule has 1 N–H and O–H groups in total. The second-order valence-corrected chi connectivity index (χ2v) is 14.4. The molecule has 6 aromatic rings. The van der Waals surface area contributed by atoms with Crippen LogP contribution < -0.4 is 23.8 Å². The van der Waals surface area contributed by atoms with E-state index in [0.717, 1.165) is 21.9 Å². The van der Waals surface area contributed by atoms with Crippen molar-refractivity contribution in [3.8, 4) is 23.0 Å². The largest absolute Gasteiger partial charge is 0.507 e. The zero-order valence-electron chi connectivity index (χ0n) is 28.6. The molecule has 5 aromatic carbocycles. The summed E-state index contributed by atoms with van der Waals surface area (Å²) in [4.78, 5) is 29.3. The fourth-order valence-electron chi connectivity index (χ4n) is 6.43. The first-order chi connectivity index (χ1) is 26.0. The third-order valence-corrected chi connectivity index (χ3v) is 11.0. The fraction of sp³-hybridized carbons (Fsp3) is 0.171. The average molecular weight is 744 g/mol. The number of ether oxygens (including phenoxy) is 4. The zero-order chi connectivity index (χ0) is 36.3. The summed E-state index contributed by atoms with van der Waals surface area (Å²) in [5.41, 5.74) is 2.83. The molecule has 0 saturated carbocycles. The summed E-state index contributed by atoms with van der Waals surface area (Å²) in [5.74, 6) is 0.459. The first kappa shape index (κ1) is 34.2. The summed E-state index contributed by atoms with van der Waals surface area (Å²) in [7, 11) is 0. The van der Waals surface area contributed by atoms with Crippen LogP contribution in [0.3, 0.4) is 0 Å². The van der Waals surface area contributed by atoms with Gasteiger partial charge < -0.3 is 24.1 Å². The number of rotatable bonds is 11. The molecule has 3 heterocycles. The number of aliphatic hydroxyl groups excluding tert-OH is 1. The third-order valence-electron chi connectivity index (χ3n) is 8.91. The van der Waals surface area contributed by atoms with Gasteiger partial charge in [0.2, 0.25) is 5.13 Å². The Morgan fingerprint density at radius 1 is 0.868 bits per heavy atom. The quantitative estimate of drug-likeness (QED) is 0.0456. The number of thioether (sulfide) groups is 1. The lowest BCUT2D eigenvalue weighted by molar-refractivity contribution is -0.132. The van der Waals surface area contributed by atoms with Gasteiger partial charge in [0.1, 0.15) is 25.6 Å². The number of carbonyl (C=O) groups excluding carboxylic acids is 2. The van der Waals surface area contributed by atoms with Crippen molar-refractivity contribution in [3.63, 3.8) is 0 Å². The average Bonchev–Trinajstić information content (AvgIpc) is 3.77. The third kappa shape index (κ3) is 6.90. The second kappa shape index (κ2) is 15.0.